The number of hydrogen-bond donors (Lipinski definition) is 0. The van der Waals surface area contributed by atoms with Crippen LogP contribution in [0.15, 0.2) is 48.5 Å². The van der Waals surface area contributed by atoms with Gasteiger partial charge in [-0.05, 0) is 35.7 Å². The molecule has 0 fully saturated rings. The molecule has 1 heterocycles. The van der Waals surface area contributed by atoms with E-state index in [1.54, 1.807) is 16.8 Å². The Kier molecular flexibility index (Phi) is 4.28. The van der Waals surface area contributed by atoms with E-state index in [0.29, 0.717) is 24.1 Å². The molecule has 0 saturated heterocycles. The zero-order valence-corrected chi connectivity index (χ0v) is 12.7. The van der Waals surface area contributed by atoms with Crippen molar-refractivity contribution in [3.63, 3.8) is 0 Å². The maximum atomic E-state index is 13.1. The van der Waals surface area contributed by atoms with E-state index in [-0.39, 0.29) is 5.82 Å². The molecular weight excluding hydrogens is 293 g/mol. The van der Waals surface area contributed by atoms with Crippen molar-refractivity contribution in [3.8, 4) is 5.69 Å². The van der Waals surface area contributed by atoms with Crippen LogP contribution in [0, 0.1) is 5.82 Å². The Balaban J connectivity index is 2.07. The summed E-state index contributed by atoms with van der Waals surface area (Å²) in [5.41, 5.74) is 3.93. The highest BCUT2D eigenvalue weighted by atomic mass is 19.1. The maximum absolute atomic E-state index is 13.1. The molecule has 0 spiro atoms. The molecule has 0 amide bonds. The van der Waals surface area contributed by atoms with E-state index in [2.05, 4.69) is 17.2 Å². The van der Waals surface area contributed by atoms with Crippen LogP contribution in [-0.2, 0) is 12.8 Å². The number of rotatable bonds is 5. The number of aromatic nitrogens is 3. The summed E-state index contributed by atoms with van der Waals surface area (Å²) in [6.07, 6.45) is 2.01. The quantitative estimate of drug-likeness (QED) is 0.679. The molecule has 0 aliphatic rings. The molecule has 4 nitrogen and oxygen atoms in total. The highest BCUT2D eigenvalue weighted by molar-refractivity contribution is 5.74. The van der Waals surface area contributed by atoms with Crippen LogP contribution < -0.4 is 0 Å². The van der Waals surface area contributed by atoms with Gasteiger partial charge < -0.3 is 0 Å². The number of para-hydroxylation sites is 1. The summed E-state index contributed by atoms with van der Waals surface area (Å²) in [5, 5.41) is 8.11. The van der Waals surface area contributed by atoms with Crippen molar-refractivity contribution in [1.82, 2.24) is 15.0 Å². The summed E-state index contributed by atoms with van der Waals surface area (Å²) in [6.45, 7) is 2.07. The summed E-state index contributed by atoms with van der Waals surface area (Å²) in [4.78, 5) is 11.3. The van der Waals surface area contributed by atoms with Crippen LogP contribution in [0.4, 0.5) is 4.39 Å². The molecule has 0 N–H and O–H groups in total. The van der Waals surface area contributed by atoms with Gasteiger partial charge in [0.25, 0.3) is 0 Å². The summed E-state index contributed by atoms with van der Waals surface area (Å²) in [5.74, 6) is -0.285. The third kappa shape index (κ3) is 3.04. The number of benzene rings is 2. The van der Waals surface area contributed by atoms with E-state index in [0.717, 1.165) is 23.2 Å². The molecule has 0 aliphatic heterocycles. The summed E-state index contributed by atoms with van der Waals surface area (Å²) in [6, 6.07) is 14.1. The van der Waals surface area contributed by atoms with Gasteiger partial charge in [-0.1, -0.05) is 42.5 Å². The van der Waals surface area contributed by atoms with Crippen molar-refractivity contribution < 1.29 is 9.18 Å². The average Bonchev–Trinajstić information content (AvgIpc) is 2.99. The van der Waals surface area contributed by atoms with Crippen LogP contribution in [0.2, 0.25) is 0 Å². The van der Waals surface area contributed by atoms with Gasteiger partial charge in [0.15, 0.2) is 6.29 Å². The predicted octanol–water partition coefficient (Wildman–Crippen LogP) is 3.37. The number of aldehydes is 1. The zero-order valence-electron chi connectivity index (χ0n) is 12.7. The first-order valence-corrected chi connectivity index (χ1v) is 7.45. The number of carbonyl (C=O) groups is 1. The summed E-state index contributed by atoms with van der Waals surface area (Å²) in [7, 11) is 0. The molecule has 0 aliphatic carbocycles. The van der Waals surface area contributed by atoms with Gasteiger partial charge >= 0.3 is 0 Å². The predicted molar refractivity (Wildman–Crippen MR) is 85.3 cm³/mol. The first-order valence-electron chi connectivity index (χ1n) is 7.45. The van der Waals surface area contributed by atoms with Crippen LogP contribution in [0.3, 0.4) is 0 Å². The fraction of sp³-hybridized carbons (Fsp3) is 0.167. The van der Waals surface area contributed by atoms with E-state index >= 15 is 0 Å². The molecule has 0 saturated carbocycles. The molecule has 3 rings (SSSR count). The van der Waals surface area contributed by atoms with Gasteiger partial charge in [0.1, 0.15) is 11.5 Å². The molecule has 2 aromatic carbocycles. The minimum absolute atomic E-state index is 0.285. The second kappa shape index (κ2) is 6.52. The lowest BCUT2D eigenvalue weighted by molar-refractivity contribution is 0.111. The third-order valence-corrected chi connectivity index (χ3v) is 3.79. The van der Waals surface area contributed by atoms with Gasteiger partial charge in [-0.25, -0.2) is 9.07 Å². The lowest BCUT2D eigenvalue weighted by Gasteiger charge is -2.11. The smallest absolute Gasteiger partial charge is 0.172 e. The highest BCUT2D eigenvalue weighted by Crippen LogP contribution is 2.20. The van der Waals surface area contributed by atoms with Crippen LogP contribution in [0.1, 0.15) is 34.2 Å². The van der Waals surface area contributed by atoms with Gasteiger partial charge in [-0.15, -0.1) is 5.10 Å². The van der Waals surface area contributed by atoms with Gasteiger partial charge in [-0.3, -0.25) is 4.79 Å². The zero-order chi connectivity index (χ0) is 16.2. The van der Waals surface area contributed by atoms with E-state index in [4.69, 9.17) is 0 Å². The maximum Gasteiger partial charge on any atom is 0.172 e. The van der Waals surface area contributed by atoms with E-state index in [1.165, 1.54) is 12.1 Å². The second-order valence-electron chi connectivity index (χ2n) is 5.24. The molecular formula is C18H16FN3O. The van der Waals surface area contributed by atoms with Gasteiger partial charge in [0, 0.05) is 6.42 Å². The molecule has 23 heavy (non-hydrogen) atoms. The largest absolute Gasteiger partial charge is 0.296 e. The second-order valence-corrected chi connectivity index (χ2v) is 5.24. The minimum Gasteiger partial charge on any atom is -0.296 e. The van der Waals surface area contributed by atoms with Crippen molar-refractivity contribution in [2.24, 2.45) is 0 Å². The Morgan fingerprint density at radius 3 is 2.57 bits per heavy atom. The average molecular weight is 309 g/mol. The number of halogens is 1. The fourth-order valence-electron chi connectivity index (χ4n) is 2.58. The van der Waals surface area contributed by atoms with E-state index in [9.17, 15) is 9.18 Å². The first-order chi connectivity index (χ1) is 11.2. The van der Waals surface area contributed by atoms with Crippen LogP contribution in [0.25, 0.3) is 5.69 Å². The molecule has 0 radical (unpaired) electrons. The van der Waals surface area contributed by atoms with Crippen molar-refractivity contribution in [2.75, 3.05) is 0 Å². The van der Waals surface area contributed by atoms with Crippen LogP contribution in [-0.4, -0.2) is 21.3 Å². The summed E-state index contributed by atoms with van der Waals surface area (Å²) >= 11 is 0. The third-order valence-electron chi connectivity index (χ3n) is 3.79. The Bertz CT molecular complexity index is 825. The molecule has 0 unspecified atom stereocenters. The number of aryl methyl sites for hydroxylation is 1. The Morgan fingerprint density at radius 2 is 1.87 bits per heavy atom. The number of carbonyl (C=O) groups excluding carboxylic acids is 1. The lowest BCUT2D eigenvalue weighted by Crippen LogP contribution is -2.07. The highest BCUT2D eigenvalue weighted by Gasteiger charge is 2.16. The first kappa shape index (κ1) is 15.1. The van der Waals surface area contributed by atoms with Crippen molar-refractivity contribution in [3.05, 3.63) is 76.9 Å². The van der Waals surface area contributed by atoms with Gasteiger partial charge in [0.2, 0.25) is 0 Å². The van der Waals surface area contributed by atoms with E-state index < -0.39 is 0 Å². The molecule has 1 aromatic heterocycles. The minimum atomic E-state index is -0.285. The molecule has 116 valence electrons. The van der Waals surface area contributed by atoms with Crippen molar-refractivity contribution >= 4 is 6.29 Å². The van der Waals surface area contributed by atoms with E-state index in [1.807, 2.05) is 24.3 Å². The van der Waals surface area contributed by atoms with Crippen LogP contribution in [0.5, 0.6) is 0 Å². The molecule has 3 aromatic rings. The molecule has 0 atom stereocenters. The standard InChI is InChI=1S/C18H16FN3O/c1-2-14-5-3-4-6-17(14)22-18(16(12-23)20-21-22)11-13-7-9-15(19)10-8-13/h3-10,12H,2,11H2,1H3. The molecule has 0 bridgehead atoms. The topological polar surface area (TPSA) is 47.8 Å². The Hall–Kier alpha value is -2.82. The normalized spacial score (nSPS) is 10.7. The van der Waals surface area contributed by atoms with Crippen molar-refractivity contribution in [1.29, 1.82) is 0 Å². The lowest BCUT2D eigenvalue weighted by atomic mass is 10.1. The SMILES string of the molecule is CCc1ccccc1-n1nnc(C=O)c1Cc1ccc(F)cc1. The number of hydrogen-bond acceptors (Lipinski definition) is 3. The molecule has 5 heteroatoms. The van der Waals surface area contributed by atoms with Crippen LogP contribution >= 0.6 is 0 Å². The monoisotopic (exact) mass is 309 g/mol. The number of nitrogens with zero attached hydrogens (tertiary/aromatic N) is 3. The Morgan fingerprint density at radius 1 is 1.13 bits per heavy atom. The summed E-state index contributed by atoms with van der Waals surface area (Å²) < 4.78 is 14.8. The van der Waals surface area contributed by atoms with Crippen molar-refractivity contribution in [2.45, 2.75) is 19.8 Å². The van der Waals surface area contributed by atoms with Gasteiger partial charge in [-0.2, -0.15) is 0 Å². The fourth-order valence-corrected chi connectivity index (χ4v) is 2.58. The van der Waals surface area contributed by atoms with Gasteiger partial charge in [0.05, 0.1) is 11.4 Å². The Labute approximate surface area is 133 Å².